The molecular weight excluding hydrogens is 357 g/mol. The molecule has 26 heavy (non-hydrogen) atoms. The number of fused-ring (bicyclic) bond motifs is 1. The minimum absolute atomic E-state index is 0.0878. The summed E-state index contributed by atoms with van der Waals surface area (Å²) in [7, 11) is -3.71. The number of sulfonamides is 1. The van der Waals surface area contributed by atoms with Crippen LogP contribution in [0.2, 0.25) is 0 Å². The third-order valence-electron chi connectivity index (χ3n) is 4.57. The second-order valence-corrected chi connectivity index (χ2v) is 8.01. The highest BCUT2D eigenvalue weighted by Gasteiger charge is 2.33. The van der Waals surface area contributed by atoms with Crippen molar-refractivity contribution in [3.8, 4) is 11.5 Å². The predicted octanol–water partition coefficient (Wildman–Crippen LogP) is 2.18. The zero-order valence-corrected chi connectivity index (χ0v) is 15.0. The van der Waals surface area contributed by atoms with Crippen molar-refractivity contribution >= 4 is 10.0 Å². The van der Waals surface area contributed by atoms with Gasteiger partial charge in [0.15, 0.2) is 5.82 Å². The molecule has 1 aliphatic heterocycles. The molecule has 1 N–H and O–H groups in total. The maximum absolute atomic E-state index is 13.1. The third-order valence-corrected chi connectivity index (χ3v) is 6.43. The first-order valence-electron chi connectivity index (χ1n) is 8.34. The van der Waals surface area contributed by atoms with E-state index in [4.69, 9.17) is 0 Å². The number of nitrogens with zero attached hydrogens (tertiary/aromatic N) is 4. The van der Waals surface area contributed by atoms with Crippen molar-refractivity contribution in [3.63, 3.8) is 0 Å². The van der Waals surface area contributed by atoms with Crippen LogP contribution in [0, 0.1) is 5.82 Å². The first-order valence-corrected chi connectivity index (χ1v) is 9.78. The predicted molar refractivity (Wildman–Crippen MR) is 93.2 cm³/mol. The summed E-state index contributed by atoms with van der Waals surface area (Å²) in [5, 5.41) is 4.61. The monoisotopic (exact) mass is 375 g/mol. The smallest absolute Gasteiger partial charge is 0.243 e. The molecule has 0 atom stereocenters. The Kier molecular flexibility index (Phi) is 4.12. The van der Waals surface area contributed by atoms with Gasteiger partial charge in [-0.3, -0.25) is 4.68 Å². The van der Waals surface area contributed by atoms with Crippen molar-refractivity contribution in [3.05, 3.63) is 53.7 Å². The topological polar surface area (TPSA) is 83.9 Å². The van der Waals surface area contributed by atoms with E-state index in [-0.39, 0.29) is 11.4 Å². The molecular formula is C17H18FN5O2S. The van der Waals surface area contributed by atoms with Crippen LogP contribution < -0.4 is 0 Å². The van der Waals surface area contributed by atoms with Gasteiger partial charge in [0.05, 0.1) is 4.90 Å². The van der Waals surface area contributed by atoms with Gasteiger partial charge in [0.1, 0.15) is 11.5 Å². The summed E-state index contributed by atoms with van der Waals surface area (Å²) in [5.74, 6) is 0.156. The van der Waals surface area contributed by atoms with Crippen molar-refractivity contribution in [2.45, 2.75) is 31.3 Å². The van der Waals surface area contributed by atoms with E-state index in [0.717, 1.165) is 23.4 Å². The highest BCUT2D eigenvalue weighted by Crippen LogP contribution is 2.31. The van der Waals surface area contributed by atoms with E-state index >= 15 is 0 Å². The normalized spacial score (nSPS) is 15.2. The maximum atomic E-state index is 13.1. The average Bonchev–Trinajstić information content (AvgIpc) is 3.29. The zero-order chi connectivity index (χ0) is 18.3. The summed E-state index contributed by atoms with van der Waals surface area (Å²) < 4.78 is 42.3. The standard InChI is InChI=1S/C17H18FN5O2S/c1-2-23-15-7-10-22(26(24,25)13-5-3-12(18)4-6-13)11-14(15)16(21-23)17-19-8-9-20-17/h3-6,8-9H,2,7,10-11H2,1H3,(H,19,20). The van der Waals surface area contributed by atoms with Crippen LogP contribution >= 0.6 is 0 Å². The van der Waals surface area contributed by atoms with Gasteiger partial charge in [0.25, 0.3) is 0 Å². The molecule has 0 radical (unpaired) electrons. The van der Waals surface area contributed by atoms with Crippen LogP contribution in [0.3, 0.4) is 0 Å². The molecule has 0 saturated carbocycles. The molecule has 3 aromatic rings. The molecule has 0 bridgehead atoms. The molecule has 9 heteroatoms. The van der Waals surface area contributed by atoms with Gasteiger partial charge < -0.3 is 4.98 Å². The first kappa shape index (κ1) is 16.9. The van der Waals surface area contributed by atoms with Gasteiger partial charge in [-0.1, -0.05) is 0 Å². The fourth-order valence-corrected chi connectivity index (χ4v) is 4.68. The minimum Gasteiger partial charge on any atom is -0.343 e. The zero-order valence-electron chi connectivity index (χ0n) is 14.2. The Morgan fingerprint density at radius 1 is 1.27 bits per heavy atom. The number of hydrogen-bond donors (Lipinski definition) is 1. The van der Waals surface area contributed by atoms with Gasteiger partial charge in [-0.05, 0) is 31.2 Å². The SMILES string of the molecule is CCn1nc(-c2ncc[nH]2)c2c1CCN(S(=O)(=O)c1ccc(F)cc1)C2. The fraction of sp³-hybridized carbons (Fsp3) is 0.294. The van der Waals surface area contributed by atoms with Gasteiger partial charge in [-0.2, -0.15) is 9.40 Å². The maximum Gasteiger partial charge on any atom is 0.243 e. The Balaban J connectivity index is 1.73. The number of aryl methyl sites for hydroxylation is 1. The van der Waals surface area contributed by atoms with Crippen LogP contribution in [-0.4, -0.2) is 39.0 Å². The third kappa shape index (κ3) is 2.73. The van der Waals surface area contributed by atoms with E-state index < -0.39 is 15.8 Å². The molecule has 0 aliphatic carbocycles. The molecule has 0 amide bonds. The summed E-state index contributed by atoms with van der Waals surface area (Å²) in [6, 6.07) is 4.91. The molecule has 0 unspecified atom stereocenters. The van der Waals surface area contributed by atoms with E-state index in [1.165, 1.54) is 16.4 Å². The van der Waals surface area contributed by atoms with Crippen LogP contribution in [0.15, 0.2) is 41.6 Å². The number of aromatic nitrogens is 4. The van der Waals surface area contributed by atoms with E-state index in [1.807, 2.05) is 11.6 Å². The quantitative estimate of drug-likeness (QED) is 0.758. The lowest BCUT2D eigenvalue weighted by atomic mass is 10.1. The highest BCUT2D eigenvalue weighted by atomic mass is 32.2. The van der Waals surface area contributed by atoms with Crippen molar-refractivity contribution in [1.29, 1.82) is 0 Å². The Morgan fingerprint density at radius 3 is 2.69 bits per heavy atom. The summed E-state index contributed by atoms with van der Waals surface area (Å²) in [4.78, 5) is 7.38. The van der Waals surface area contributed by atoms with E-state index in [2.05, 4.69) is 15.1 Å². The van der Waals surface area contributed by atoms with Gasteiger partial charge >= 0.3 is 0 Å². The molecule has 1 aromatic carbocycles. The lowest BCUT2D eigenvalue weighted by Gasteiger charge is -2.27. The largest absolute Gasteiger partial charge is 0.343 e. The molecule has 0 saturated heterocycles. The molecule has 7 nitrogen and oxygen atoms in total. The number of rotatable bonds is 4. The molecule has 3 heterocycles. The van der Waals surface area contributed by atoms with Crippen molar-refractivity contribution in [2.75, 3.05) is 6.54 Å². The number of halogens is 1. The van der Waals surface area contributed by atoms with Crippen LogP contribution in [0.5, 0.6) is 0 Å². The first-order chi connectivity index (χ1) is 12.5. The second kappa shape index (κ2) is 6.33. The average molecular weight is 375 g/mol. The lowest BCUT2D eigenvalue weighted by molar-refractivity contribution is 0.384. The fourth-order valence-electron chi connectivity index (χ4n) is 3.27. The Bertz CT molecular complexity index is 1030. The summed E-state index contributed by atoms with van der Waals surface area (Å²) in [6.07, 6.45) is 3.92. The molecule has 136 valence electrons. The van der Waals surface area contributed by atoms with Crippen LogP contribution in [0.25, 0.3) is 11.5 Å². The van der Waals surface area contributed by atoms with Gasteiger partial charge in [0, 0.05) is 49.7 Å². The van der Waals surface area contributed by atoms with Gasteiger partial charge in [-0.25, -0.2) is 17.8 Å². The molecule has 1 aliphatic rings. The Morgan fingerprint density at radius 2 is 2.04 bits per heavy atom. The van der Waals surface area contributed by atoms with E-state index in [9.17, 15) is 12.8 Å². The van der Waals surface area contributed by atoms with E-state index in [0.29, 0.717) is 31.0 Å². The van der Waals surface area contributed by atoms with Gasteiger partial charge in [0.2, 0.25) is 10.0 Å². The van der Waals surface area contributed by atoms with Crippen LogP contribution in [-0.2, 0) is 29.5 Å². The Labute approximate surface area is 150 Å². The van der Waals surface area contributed by atoms with Crippen molar-refractivity contribution < 1.29 is 12.8 Å². The number of benzene rings is 1. The molecule has 0 fully saturated rings. The summed E-state index contributed by atoms with van der Waals surface area (Å²) in [5.41, 5.74) is 2.56. The van der Waals surface area contributed by atoms with Crippen LogP contribution in [0.4, 0.5) is 4.39 Å². The number of H-pyrrole nitrogens is 1. The molecule has 2 aromatic heterocycles. The number of imidazole rings is 1. The highest BCUT2D eigenvalue weighted by molar-refractivity contribution is 7.89. The van der Waals surface area contributed by atoms with E-state index in [1.54, 1.807) is 12.4 Å². The number of hydrogen-bond acceptors (Lipinski definition) is 4. The van der Waals surface area contributed by atoms with Crippen LogP contribution in [0.1, 0.15) is 18.2 Å². The number of nitrogens with one attached hydrogen (secondary N) is 1. The molecule has 0 spiro atoms. The number of aromatic amines is 1. The summed E-state index contributed by atoms with van der Waals surface area (Å²) in [6.45, 7) is 3.27. The Hall–Kier alpha value is -2.52. The van der Waals surface area contributed by atoms with Crippen molar-refractivity contribution in [2.24, 2.45) is 0 Å². The second-order valence-electron chi connectivity index (χ2n) is 6.07. The van der Waals surface area contributed by atoms with Gasteiger partial charge in [-0.15, -0.1) is 0 Å². The summed E-state index contributed by atoms with van der Waals surface area (Å²) >= 11 is 0. The van der Waals surface area contributed by atoms with Crippen molar-refractivity contribution in [1.82, 2.24) is 24.1 Å². The lowest BCUT2D eigenvalue weighted by Crippen LogP contribution is -2.36. The molecule has 4 rings (SSSR count). The minimum atomic E-state index is -3.71.